The molecule has 0 aromatic heterocycles. The number of piperazine rings is 2. The van der Waals surface area contributed by atoms with E-state index in [0.717, 1.165) is 83.2 Å². The van der Waals surface area contributed by atoms with Crippen molar-refractivity contribution in [3.63, 3.8) is 0 Å². The van der Waals surface area contributed by atoms with E-state index < -0.39 is 8.32 Å². The first-order valence-corrected chi connectivity index (χ1v) is 22.0. The first-order valence-electron chi connectivity index (χ1n) is 19.1. The summed E-state index contributed by atoms with van der Waals surface area (Å²) in [6.45, 7) is 22.6. The monoisotopic (exact) mass is 726 g/mol. The molecular formula is C42H62N6O3Si. The van der Waals surface area contributed by atoms with E-state index in [4.69, 9.17) is 4.43 Å². The number of likely N-dealkylation sites (N-methyl/N-ethyl adjacent to an activating group) is 1. The standard InChI is InChI=1S/C42H62N6O3Si/c1-34(49)46-25-27-47(28-26-46)39-19-13-36(14-20-39)32-43-40(31-35-11-9-8-10-12-35)41(50)48-23-21-45(22-24-48)33-37-15-17-38(18-16-37)44(5)29-30-51-52(6,7)42(2,3)4/h8-20,40,43H,21-33H2,1-7H3/t40-/m0/s1. The summed E-state index contributed by atoms with van der Waals surface area (Å²) in [6, 6.07) is 27.5. The topological polar surface area (TPSA) is 71.6 Å². The van der Waals surface area contributed by atoms with E-state index in [-0.39, 0.29) is 22.9 Å². The fourth-order valence-electron chi connectivity index (χ4n) is 6.69. The molecule has 2 aliphatic heterocycles. The molecule has 0 radical (unpaired) electrons. The molecule has 0 unspecified atom stereocenters. The molecule has 0 saturated carbocycles. The van der Waals surface area contributed by atoms with Gasteiger partial charge >= 0.3 is 0 Å². The number of benzene rings is 3. The van der Waals surface area contributed by atoms with E-state index >= 15 is 0 Å². The molecule has 3 aromatic rings. The Kier molecular flexibility index (Phi) is 13.6. The number of nitrogens with zero attached hydrogens (tertiary/aromatic N) is 5. The zero-order chi connectivity index (χ0) is 37.3. The number of nitrogens with one attached hydrogen (secondary N) is 1. The lowest BCUT2D eigenvalue weighted by Crippen LogP contribution is -2.54. The number of hydrogen-bond donors (Lipinski definition) is 1. The van der Waals surface area contributed by atoms with Gasteiger partial charge in [-0.25, -0.2) is 0 Å². The first kappa shape index (κ1) is 39.5. The van der Waals surface area contributed by atoms with Crippen LogP contribution in [0.5, 0.6) is 0 Å². The quantitative estimate of drug-likeness (QED) is 0.209. The molecule has 5 rings (SSSR count). The van der Waals surface area contributed by atoms with Gasteiger partial charge in [0.1, 0.15) is 0 Å². The van der Waals surface area contributed by atoms with E-state index in [1.54, 1.807) is 6.92 Å². The maximum absolute atomic E-state index is 14.0. The number of carbonyl (C=O) groups is 2. The van der Waals surface area contributed by atoms with Gasteiger partial charge < -0.3 is 29.3 Å². The van der Waals surface area contributed by atoms with E-state index in [0.29, 0.717) is 13.0 Å². The summed E-state index contributed by atoms with van der Waals surface area (Å²) in [6.07, 6.45) is 0.654. The summed E-state index contributed by atoms with van der Waals surface area (Å²) < 4.78 is 6.39. The molecule has 2 fully saturated rings. The Morgan fingerprint density at radius 2 is 1.38 bits per heavy atom. The Hall–Kier alpha value is -3.70. The molecule has 0 bridgehead atoms. The van der Waals surface area contributed by atoms with Crippen molar-refractivity contribution in [2.75, 3.05) is 82.4 Å². The van der Waals surface area contributed by atoms with Crippen molar-refractivity contribution in [2.24, 2.45) is 0 Å². The van der Waals surface area contributed by atoms with Crippen molar-refractivity contribution in [1.82, 2.24) is 20.0 Å². The summed E-state index contributed by atoms with van der Waals surface area (Å²) in [5.41, 5.74) is 5.98. The predicted octanol–water partition coefficient (Wildman–Crippen LogP) is 5.86. The van der Waals surface area contributed by atoms with Crippen LogP contribution in [-0.2, 0) is 33.5 Å². The maximum atomic E-state index is 14.0. The van der Waals surface area contributed by atoms with Crippen LogP contribution in [0.2, 0.25) is 18.1 Å². The number of amides is 2. The van der Waals surface area contributed by atoms with Gasteiger partial charge in [0.25, 0.3) is 0 Å². The van der Waals surface area contributed by atoms with Crippen LogP contribution in [0.3, 0.4) is 0 Å². The summed E-state index contributed by atoms with van der Waals surface area (Å²) in [4.78, 5) is 36.7. The highest BCUT2D eigenvalue weighted by molar-refractivity contribution is 6.74. The molecule has 0 spiro atoms. The number of anilines is 2. The van der Waals surface area contributed by atoms with E-state index in [2.05, 4.69) is 122 Å². The highest BCUT2D eigenvalue weighted by atomic mass is 28.4. The fraction of sp³-hybridized carbons (Fsp3) is 0.524. The maximum Gasteiger partial charge on any atom is 0.240 e. The molecule has 2 amide bonds. The number of carbonyl (C=O) groups excluding carboxylic acids is 2. The molecule has 9 nitrogen and oxygen atoms in total. The van der Waals surface area contributed by atoms with Crippen LogP contribution >= 0.6 is 0 Å². The first-order chi connectivity index (χ1) is 24.8. The zero-order valence-electron chi connectivity index (χ0n) is 32.7. The minimum Gasteiger partial charge on any atom is -0.415 e. The molecule has 1 N–H and O–H groups in total. The largest absolute Gasteiger partial charge is 0.415 e. The van der Waals surface area contributed by atoms with E-state index in [1.165, 1.54) is 16.9 Å². The van der Waals surface area contributed by atoms with Crippen LogP contribution in [0.4, 0.5) is 11.4 Å². The molecule has 52 heavy (non-hydrogen) atoms. The highest BCUT2D eigenvalue weighted by Gasteiger charge is 2.37. The Balaban J connectivity index is 1.10. The molecule has 1 atom stereocenters. The van der Waals surface area contributed by atoms with Crippen LogP contribution < -0.4 is 15.1 Å². The van der Waals surface area contributed by atoms with Crippen LogP contribution in [0, 0.1) is 0 Å². The van der Waals surface area contributed by atoms with Gasteiger partial charge in [0, 0.05) is 97.3 Å². The summed E-state index contributed by atoms with van der Waals surface area (Å²) in [7, 11) is 0.395. The van der Waals surface area contributed by atoms with Crippen molar-refractivity contribution in [2.45, 2.75) is 71.4 Å². The molecular weight excluding hydrogens is 665 g/mol. The third-order valence-electron chi connectivity index (χ3n) is 11.3. The Morgan fingerprint density at radius 1 is 0.788 bits per heavy atom. The van der Waals surface area contributed by atoms with Crippen molar-refractivity contribution in [1.29, 1.82) is 0 Å². The van der Waals surface area contributed by atoms with Crippen LogP contribution in [0.1, 0.15) is 44.4 Å². The Labute approximate surface area is 314 Å². The molecule has 2 aliphatic rings. The third kappa shape index (κ3) is 10.9. The number of rotatable bonds is 14. The van der Waals surface area contributed by atoms with Crippen molar-refractivity contribution < 1.29 is 14.0 Å². The second kappa shape index (κ2) is 17.9. The van der Waals surface area contributed by atoms with Crippen LogP contribution in [0.15, 0.2) is 78.9 Å². The number of hydrogen-bond acceptors (Lipinski definition) is 7. The van der Waals surface area contributed by atoms with Gasteiger partial charge in [0.15, 0.2) is 8.32 Å². The SMILES string of the molecule is CC(=O)N1CCN(c2ccc(CN[C@@H](Cc3ccccc3)C(=O)N3CCN(Cc4ccc(N(C)CCO[Si](C)(C)C(C)(C)C)cc4)CC3)cc2)CC1. The smallest absolute Gasteiger partial charge is 0.240 e. The Morgan fingerprint density at radius 3 is 1.98 bits per heavy atom. The third-order valence-corrected chi connectivity index (χ3v) is 15.9. The minimum absolute atomic E-state index is 0.145. The minimum atomic E-state index is -1.74. The predicted molar refractivity (Wildman–Crippen MR) is 216 cm³/mol. The average Bonchev–Trinajstić information content (AvgIpc) is 3.14. The Bertz CT molecular complexity index is 1560. The van der Waals surface area contributed by atoms with Gasteiger partial charge in [-0.05, 0) is 65.5 Å². The summed E-state index contributed by atoms with van der Waals surface area (Å²) in [5, 5.41) is 3.84. The lowest BCUT2D eigenvalue weighted by atomic mass is 10.0. The molecule has 3 aromatic carbocycles. The highest BCUT2D eigenvalue weighted by Crippen LogP contribution is 2.36. The molecule has 10 heteroatoms. The molecule has 2 heterocycles. The summed E-state index contributed by atoms with van der Waals surface area (Å²) >= 11 is 0. The average molecular weight is 727 g/mol. The normalized spacial score (nSPS) is 16.6. The van der Waals surface area contributed by atoms with Crippen molar-refractivity contribution in [3.8, 4) is 0 Å². The zero-order valence-corrected chi connectivity index (χ0v) is 33.7. The van der Waals surface area contributed by atoms with E-state index in [1.807, 2.05) is 28.0 Å². The van der Waals surface area contributed by atoms with Gasteiger partial charge in [0.2, 0.25) is 11.8 Å². The fourth-order valence-corrected chi connectivity index (χ4v) is 7.72. The van der Waals surface area contributed by atoms with E-state index in [9.17, 15) is 9.59 Å². The van der Waals surface area contributed by atoms with Gasteiger partial charge in [-0.3, -0.25) is 14.5 Å². The second-order valence-electron chi connectivity index (χ2n) is 16.1. The van der Waals surface area contributed by atoms with Gasteiger partial charge in [-0.2, -0.15) is 0 Å². The van der Waals surface area contributed by atoms with Crippen molar-refractivity contribution >= 4 is 31.5 Å². The summed E-state index contributed by atoms with van der Waals surface area (Å²) in [5.74, 6) is 0.319. The lowest BCUT2D eigenvalue weighted by molar-refractivity contribution is -0.135. The van der Waals surface area contributed by atoms with Gasteiger partial charge in [-0.15, -0.1) is 0 Å². The second-order valence-corrected chi connectivity index (χ2v) is 20.9. The molecule has 0 aliphatic carbocycles. The van der Waals surface area contributed by atoms with Crippen LogP contribution in [0.25, 0.3) is 0 Å². The molecule has 2 saturated heterocycles. The lowest BCUT2D eigenvalue weighted by Gasteiger charge is -2.37. The van der Waals surface area contributed by atoms with Gasteiger partial charge in [0.05, 0.1) is 12.6 Å². The van der Waals surface area contributed by atoms with Crippen LogP contribution in [-0.4, -0.2) is 113 Å². The van der Waals surface area contributed by atoms with Crippen molar-refractivity contribution in [3.05, 3.63) is 95.6 Å². The molecule has 282 valence electrons. The van der Waals surface area contributed by atoms with Gasteiger partial charge in [-0.1, -0.05) is 75.4 Å².